The van der Waals surface area contributed by atoms with Crippen molar-refractivity contribution < 1.29 is 22.5 Å². The third-order valence-corrected chi connectivity index (χ3v) is 9.69. The van der Waals surface area contributed by atoms with Crippen molar-refractivity contribution in [2.24, 2.45) is 0 Å². The van der Waals surface area contributed by atoms with Crippen LogP contribution in [0.4, 0.5) is 19.7 Å². The van der Waals surface area contributed by atoms with Crippen LogP contribution in [-0.4, -0.2) is 75.0 Å². The molecule has 0 amide bonds. The number of nitrogen functional groups attached to an aromatic ring is 1. The number of aromatic nitrogens is 3. The Bertz CT molecular complexity index is 1480. The van der Waals surface area contributed by atoms with Gasteiger partial charge in [-0.15, -0.1) is 0 Å². The van der Waals surface area contributed by atoms with Crippen molar-refractivity contribution >= 4 is 55.0 Å². The van der Waals surface area contributed by atoms with E-state index in [0.29, 0.717) is 18.9 Å². The predicted molar refractivity (Wildman–Crippen MR) is 136 cm³/mol. The average Bonchev–Trinajstić information content (AvgIpc) is 3.42. The third kappa shape index (κ3) is 3.53. The monoisotopic (exact) mass is 547 g/mol. The first-order chi connectivity index (χ1) is 17.9. The summed E-state index contributed by atoms with van der Waals surface area (Å²) in [4.78, 5) is 15.4. The standard InChI is InChI=1S/C23H23F2N7O3S2/c1-34-23-29-17-15(25)18(13-4-5-14(24)19-16(13)28-22(26)36-19)32(12-8-35-9-12)37(33)20(17)21(30-23)31-6-10-2-3-11(7-31)27-10/h4-5,10-12,27H,2-3,6-9H2,1H3,(H2,26,28). The van der Waals surface area contributed by atoms with Gasteiger partial charge < -0.3 is 25.4 Å². The fourth-order valence-electron chi connectivity index (χ4n) is 5.49. The summed E-state index contributed by atoms with van der Waals surface area (Å²) in [5.41, 5.74) is 6.29. The molecule has 6 heterocycles. The Morgan fingerprint density at radius 3 is 2.62 bits per heavy atom. The van der Waals surface area contributed by atoms with Crippen LogP contribution in [0, 0.1) is 5.82 Å². The Hall–Kier alpha value is -2.94. The lowest BCUT2D eigenvalue weighted by atomic mass is 10.1. The molecule has 3 aromatic rings. The second-order valence-corrected chi connectivity index (χ2v) is 11.8. The molecule has 0 spiro atoms. The summed E-state index contributed by atoms with van der Waals surface area (Å²) in [7, 11) is -0.475. The lowest BCUT2D eigenvalue weighted by Crippen LogP contribution is -2.53. The van der Waals surface area contributed by atoms with E-state index in [1.54, 1.807) is 0 Å². The fourth-order valence-corrected chi connectivity index (χ4v) is 7.82. The predicted octanol–water partition coefficient (Wildman–Crippen LogP) is 2.29. The van der Waals surface area contributed by atoms with Crippen LogP contribution < -0.4 is 20.7 Å². The third-order valence-electron chi connectivity index (χ3n) is 7.23. The molecule has 3 saturated heterocycles. The number of ether oxygens (including phenoxy) is 2. The van der Waals surface area contributed by atoms with Crippen molar-refractivity contribution in [2.45, 2.75) is 35.9 Å². The molecule has 3 fully saturated rings. The number of benzene rings is 1. The summed E-state index contributed by atoms with van der Waals surface area (Å²) >= 11 is 0.977. The van der Waals surface area contributed by atoms with Crippen LogP contribution in [0.15, 0.2) is 17.0 Å². The fraction of sp³-hybridized carbons (Fsp3) is 0.435. The zero-order valence-electron chi connectivity index (χ0n) is 19.7. The van der Waals surface area contributed by atoms with Crippen LogP contribution in [0.1, 0.15) is 24.1 Å². The molecule has 7 rings (SSSR count). The van der Waals surface area contributed by atoms with Gasteiger partial charge in [-0.05, 0) is 25.0 Å². The van der Waals surface area contributed by atoms with Crippen molar-refractivity contribution in [3.63, 3.8) is 0 Å². The van der Waals surface area contributed by atoms with Gasteiger partial charge in [0.05, 0.1) is 42.3 Å². The number of methoxy groups -OCH3 is 1. The van der Waals surface area contributed by atoms with Gasteiger partial charge >= 0.3 is 6.01 Å². The second kappa shape index (κ2) is 8.55. The zero-order valence-corrected chi connectivity index (χ0v) is 21.4. The molecule has 3 unspecified atom stereocenters. The van der Waals surface area contributed by atoms with Crippen LogP contribution in [-0.2, 0) is 15.7 Å². The second-order valence-electron chi connectivity index (χ2n) is 9.51. The van der Waals surface area contributed by atoms with Crippen LogP contribution in [0.5, 0.6) is 6.01 Å². The molecule has 37 heavy (non-hydrogen) atoms. The van der Waals surface area contributed by atoms with Gasteiger partial charge in [0.2, 0.25) is 0 Å². The van der Waals surface area contributed by atoms with E-state index < -0.39 is 22.6 Å². The van der Waals surface area contributed by atoms with Gasteiger partial charge in [0.25, 0.3) is 0 Å². The highest BCUT2D eigenvalue weighted by Gasteiger charge is 2.45. The number of hydrogen-bond donors (Lipinski definition) is 2. The van der Waals surface area contributed by atoms with Crippen molar-refractivity contribution in [3.8, 4) is 6.01 Å². The van der Waals surface area contributed by atoms with Crippen LogP contribution >= 0.6 is 11.3 Å². The molecule has 10 nitrogen and oxygen atoms in total. The van der Waals surface area contributed by atoms with E-state index in [1.165, 1.54) is 23.5 Å². The van der Waals surface area contributed by atoms with Crippen molar-refractivity contribution in [1.29, 1.82) is 0 Å². The number of hydrogen-bond acceptors (Lipinski definition) is 10. The van der Waals surface area contributed by atoms with Gasteiger partial charge in [0.1, 0.15) is 16.4 Å². The molecule has 14 heteroatoms. The molecule has 194 valence electrons. The normalized spacial score (nSPS) is 25.5. The maximum atomic E-state index is 16.7. The Balaban J connectivity index is 1.47. The Morgan fingerprint density at radius 1 is 1.19 bits per heavy atom. The molecule has 2 aromatic heterocycles. The van der Waals surface area contributed by atoms with E-state index in [4.69, 9.17) is 15.2 Å². The Morgan fingerprint density at radius 2 is 1.95 bits per heavy atom. The first-order valence-electron chi connectivity index (χ1n) is 11.9. The number of nitrogens with two attached hydrogens (primary N) is 1. The molecule has 4 aliphatic rings. The zero-order chi connectivity index (χ0) is 25.4. The molecule has 3 N–H and O–H groups in total. The van der Waals surface area contributed by atoms with Crippen molar-refractivity contribution in [1.82, 2.24) is 24.6 Å². The van der Waals surface area contributed by atoms with Gasteiger partial charge in [0, 0.05) is 30.7 Å². The van der Waals surface area contributed by atoms with Gasteiger partial charge in [-0.1, -0.05) is 11.3 Å². The Labute approximate surface area is 217 Å². The number of nitrogens with one attached hydrogen (secondary N) is 1. The minimum absolute atomic E-state index is 0.0153. The minimum Gasteiger partial charge on any atom is -0.467 e. The van der Waals surface area contributed by atoms with Gasteiger partial charge in [-0.3, -0.25) is 4.31 Å². The van der Waals surface area contributed by atoms with Crippen LogP contribution in [0.3, 0.4) is 0 Å². The minimum atomic E-state index is -1.89. The first-order valence-corrected chi connectivity index (χ1v) is 13.9. The van der Waals surface area contributed by atoms with E-state index in [1.807, 2.05) is 4.90 Å². The molecular formula is C23H23F2N7O3S2. The highest BCUT2D eigenvalue weighted by molar-refractivity contribution is 7.83. The quantitative estimate of drug-likeness (QED) is 0.507. The highest BCUT2D eigenvalue weighted by Crippen LogP contribution is 2.47. The largest absolute Gasteiger partial charge is 0.467 e. The van der Waals surface area contributed by atoms with Gasteiger partial charge in [0.15, 0.2) is 27.8 Å². The molecule has 1 aromatic carbocycles. The topological polar surface area (TPSA) is 119 Å². The number of rotatable bonds is 4. The smallest absolute Gasteiger partial charge is 0.318 e. The maximum absolute atomic E-state index is 16.7. The van der Waals surface area contributed by atoms with Gasteiger partial charge in [-0.2, -0.15) is 9.97 Å². The van der Waals surface area contributed by atoms with Crippen molar-refractivity contribution in [3.05, 3.63) is 29.2 Å². The van der Waals surface area contributed by atoms with E-state index in [-0.39, 0.29) is 74.5 Å². The van der Waals surface area contributed by atoms with E-state index in [0.717, 1.165) is 24.2 Å². The summed E-state index contributed by atoms with van der Waals surface area (Å²) < 4.78 is 58.0. The van der Waals surface area contributed by atoms with E-state index in [2.05, 4.69) is 20.3 Å². The first kappa shape index (κ1) is 23.2. The summed E-state index contributed by atoms with van der Waals surface area (Å²) in [6, 6.07) is 2.86. The molecule has 4 aliphatic heterocycles. The molecule has 2 bridgehead atoms. The van der Waals surface area contributed by atoms with Crippen LogP contribution in [0.25, 0.3) is 21.7 Å². The lowest BCUT2D eigenvalue weighted by molar-refractivity contribution is -0.0220. The molecule has 0 aliphatic carbocycles. The maximum Gasteiger partial charge on any atom is 0.318 e. The molecular weight excluding hydrogens is 524 g/mol. The summed E-state index contributed by atoms with van der Waals surface area (Å²) in [5.74, 6) is -0.814. The average molecular weight is 548 g/mol. The van der Waals surface area contributed by atoms with Crippen molar-refractivity contribution in [2.75, 3.05) is 44.0 Å². The molecule has 3 atom stereocenters. The summed E-state index contributed by atoms with van der Waals surface area (Å²) in [6.45, 7) is 1.85. The van der Waals surface area contributed by atoms with E-state index >= 15 is 4.39 Å². The Kier molecular flexibility index (Phi) is 5.36. The lowest BCUT2D eigenvalue weighted by Gasteiger charge is -2.42. The number of nitrogens with zero attached hydrogens (tertiary/aromatic N) is 5. The number of piperazine rings is 1. The number of thiazole rings is 1. The summed E-state index contributed by atoms with van der Waals surface area (Å²) in [5, 5.41) is 3.72. The van der Waals surface area contributed by atoms with E-state index in [9.17, 15) is 8.60 Å². The van der Waals surface area contributed by atoms with Gasteiger partial charge in [-0.25, -0.2) is 18.0 Å². The molecule has 0 saturated carbocycles. The number of halogens is 2. The highest BCUT2D eigenvalue weighted by atomic mass is 32.2. The number of fused-ring (bicyclic) bond motifs is 4. The SMILES string of the molecule is COc1nc2c(c(N3CC4CCC(C3)N4)n1)S(=O)N(C1COC1)C(c1ccc(F)c3sc(N)nc13)=C2F. The number of anilines is 2. The van der Waals surface area contributed by atoms with Crippen LogP contribution in [0.2, 0.25) is 0 Å². The summed E-state index contributed by atoms with van der Waals surface area (Å²) in [6.07, 6.45) is 2.08. The molecule has 0 radical (unpaired) electrons.